The number of fused-ring (bicyclic) bond motifs is 5. The molecule has 5 rings (SSSR count). The molecule has 0 aliphatic carbocycles. The van der Waals surface area contributed by atoms with Crippen LogP contribution in [0.2, 0.25) is 0 Å². The second-order valence-electron chi connectivity index (χ2n) is 10.7. The first-order chi connectivity index (χ1) is 19.6. The number of aromatic hydroxyl groups is 2. The van der Waals surface area contributed by atoms with Crippen molar-refractivity contribution in [2.45, 2.75) is 72.1 Å². The molecule has 4 unspecified atom stereocenters. The summed E-state index contributed by atoms with van der Waals surface area (Å²) in [5.74, 6) is 1.43. The summed E-state index contributed by atoms with van der Waals surface area (Å²) < 4.78 is 23.0. The van der Waals surface area contributed by atoms with Crippen LogP contribution in [0.3, 0.4) is 0 Å². The van der Waals surface area contributed by atoms with Gasteiger partial charge in [0.2, 0.25) is 6.79 Å². The number of aryl methyl sites for hydroxylation is 1. The number of thiol groups is 1. The Hall–Kier alpha value is -2.86. The molecule has 3 heterocycles. The number of esters is 1. The minimum atomic E-state index is -0.848. The van der Waals surface area contributed by atoms with Gasteiger partial charge < -0.3 is 39.8 Å². The van der Waals surface area contributed by atoms with Crippen LogP contribution in [0.4, 0.5) is 0 Å². The molecule has 0 spiro atoms. The molecule has 0 bridgehead atoms. The van der Waals surface area contributed by atoms with Crippen molar-refractivity contribution < 1.29 is 34.0 Å². The van der Waals surface area contributed by atoms with Crippen molar-refractivity contribution in [2.24, 2.45) is 5.73 Å². The van der Waals surface area contributed by atoms with E-state index >= 15 is 0 Å². The highest BCUT2D eigenvalue weighted by Gasteiger charge is 2.47. The van der Waals surface area contributed by atoms with E-state index in [4.69, 9.17) is 24.7 Å². The lowest BCUT2D eigenvalue weighted by molar-refractivity contribution is -0.147. The largest absolute Gasteiger partial charge is 0.507 e. The highest BCUT2D eigenvalue weighted by molar-refractivity contribution is 7.80. The van der Waals surface area contributed by atoms with Crippen LogP contribution in [0.1, 0.15) is 66.7 Å². The molecular formula is C31H47N3O7S. The summed E-state index contributed by atoms with van der Waals surface area (Å²) in [6, 6.07) is 0.346. The van der Waals surface area contributed by atoms with Crippen molar-refractivity contribution in [2.75, 3.05) is 46.9 Å². The highest BCUT2D eigenvalue weighted by Crippen LogP contribution is 2.55. The van der Waals surface area contributed by atoms with E-state index in [9.17, 15) is 15.0 Å². The summed E-state index contributed by atoms with van der Waals surface area (Å²) in [4.78, 5) is 17.0. The first-order valence-corrected chi connectivity index (χ1v) is 14.7. The Kier molecular flexibility index (Phi) is 10.9. The van der Waals surface area contributed by atoms with Crippen molar-refractivity contribution in [3.05, 3.63) is 39.4 Å². The molecule has 0 amide bonds. The normalized spacial score (nSPS) is 21.0. The first kappa shape index (κ1) is 33.6. The number of likely N-dealkylation sites (N-methyl/N-ethyl adjacent to an activating group) is 1. The van der Waals surface area contributed by atoms with Crippen molar-refractivity contribution in [3.8, 4) is 28.7 Å². The van der Waals surface area contributed by atoms with Crippen molar-refractivity contribution in [3.63, 3.8) is 0 Å². The average molecular weight is 606 g/mol. The highest BCUT2D eigenvalue weighted by atomic mass is 32.1. The summed E-state index contributed by atoms with van der Waals surface area (Å²) in [5.41, 5.74) is 10.7. The number of benzene rings is 2. The van der Waals surface area contributed by atoms with Gasteiger partial charge in [0.05, 0.1) is 19.2 Å². The lowest BCUT2D eigenvalue weighted by Gasteiger charge is -2.47. The van der Waals surface area contributed by atoms with Crippen LogP contribution < -0.4 is 19.9 Å². The molecule has 42 heavy (non-hydrogen) atoms. The van der Waals surface area contributed by atoms with E-state index in [1.807, 2.05) is 41.8 Å². The first-order valence-electron chi connectivity index (χ1n) is 14.1. The van der Waals surface area contributed by atoms with Gasteiger partial charge in [-0.05, 0) is 51.9 Å². The van der Waals surface area contributed by atoms with Crippen LogP contribution >= 0.6 is 12.6 Å². The summed E-state index contributed by atoms with van der Waals surface area (Å²) >= 11 is 4.14. The van der Waals surface area contributed by atoms with Crippen LogP contribution in [0, 0.1) is 13.8 Å². The average Bonchev–Trinajstić information content (AvgIpc) is 3.39. The van der Waals surface area contributed by atoms with E-state index in [2.05, 4.69) is 28.5 Å². The molecule has 11 heteroatoms. The second kappa shape index (κ2) is 13.6. The minimum absolute atomic E-state index is 0. The maximum absolute atomic E-state index is 12.6. The SMILES string of the molecule is C.CC.COc1c(C)cc2c(c1O)C(N(C)C)C1Cc3c(O)c(C)c4c(c3C(COC(=O)C(N)CS)N1CC2)OCO4. The van der Waals surface area contributed by atoms with Crippen molar-refractivity contribution in [1.82, 2.24) is 9.80 Å². The lowest BCUT2D eigenvalue weighted by atomic mass is 9.81. The third kappa shape index (κ3) is 5.59. The molecule has 4 atom stereocenters. The molecule has 10 nitrogen and oxygen atoms in total. The molecule has 0 radical (unpaired) electrons. The Morgan fingerprint density at radius 2 is 1.86 bits per heavy atom. The number of carbonyl (C=O) groups excluding carboxylic acids is 1. The monoisotopic (exact) mass is 605 g/mol. The van der Waals surface area contributed by atoms with Crippen molar-refractivity contribution >= 4 is 18.6 Å². The minimum Gasteiger partial charge on any atom is -0.507 e. The topological polar surface area (TPSA) is 127 Å². The van der Waals surface area contributed by atoms with Gasteiger partial charge >= 0.3 is 5.97 Å². The Balaban J connectivity index is 0.00000158. The smallest absolute Gasteiger partial charge is 0.323 e. The number of phenolic OH excluding ortho intramolecular Hbond substituents is 2. The molecule has 3 aliphatic heterocycles. The number of rotatable bonds is 6. The molecule has 0 saturated carbocycles. The molecule has 2 aromatic rings. The van der Waals surface area contributed by atoms with Crippen LogP contribution in [0.25, 0.3) is 0 Å². The second-order valence-corrected chi connectivity index (χ2v) is 11.0. The predicted molar refractivity (Wildman–Crippen MR) is 166 cm³/mol. The van der Waals surface area contributed by atoms with Crippen LogP contribution in [-0.4, -0.2) is 85.0 Å². The molecule has 4 N–H and O–H groups in total. The summed E-state index contributed by atoms with van der Waals surface area (Å²) in [6.07, 6.45) is 1.14. The van der Waals surface area contributed by atoms with Gasteiger partial charge in [-0.3, -0.25) is 9.69 Å². The van der Waals surface area contributed by atoms with Crippen LogP contribution in [0.15, 0.2) is 6.07 Å². The summed E-state index contributed by atoms with van der Waals surface area (Å²) in [5, 5.41) is 22.9. The van der Waals surface area contributed by atoms with Gasteiger partial charge in [-0.25, -0.2) is 0 Å². The third-order valence-corrected chi connectivity index (χ3v) is 8.64. The molecule has 2 aromatic carbocycles. The number of nitrogens with zero attached hydrogens (tertiary/aromatic N) is 2. The van der Waals surface area contributed by atoms with Gasteiger partial charge in [0.25, 0.3) is 0 Å². The fourth-order valence-corrected chi connectivity index (χ4v) is 6.63. The zero-order valence-corrected chi connectivity index (χ0v) is 25.9. The Morgan fingerprint density at radius 1 is 1.19 bits per heavy atom. The van der Waals surface area contributed by atoms with E-state index < -0.39 is 18.1 Å². The van der Waals surface area contributed by atoms with Crippen molar-refractivity contribution in [1.29, 1.82) is 0 Å². The Morgan fingerprint density at radius 3 is 2.48 bits per heavy atom. The zero-order chi connectivity index (χ0) is 30.2. The quantitative estimate of drug-likeness (QED) is 0.283. The van der Waals surface area contributed by atoms with E-state index in [0.717, 1.165) is 27.8 Å². The molecule has 0 aromatic heterocycles. The molecular weight excluding hydrogens is 558 g/mol. The fourth-order valence-electron chi connectivity index (χ4n) is 6.48. The Bertz CT molecular complexity index is 1300. The number of methoxy groups -OCH3 is 1. The van der Waals surface area contributed by atoms with Gasteiger partial charge in [0, 0.05) is 40.6 Å². The summed E-state index contributed by atoms with van der Waals surface area (Å²) in [7, 11) is 5.51. The molecule has 0 saturated heterocycles. The standard InChI is InChI=1S/C28H37N3O7S.C2H6.CH4/c1-13-8-15-6-7-31-18(22(30(3)4)20(15)24(33)25(13)35-5)9-16-21(19(31)10-36-28(34)17(29)11-39)27-26(37-12-38-27)14(2)23(16)32;1-2;/h8,17-19,22,32-33,39H,6-7,9-12,29H2,1-5H3;1-2H3;1H4. The number of carbonyl (C=O) groups is 1. The Labute approximate surface area is 255 Å². The number of ether oxygens (including phenoxy) is 4. The molecule has 3 aliphatic rings. The lowest BCUT2D eigenvalue weighted by Crippen LogP contribution is -2.51. The fraction of sp³-hybridized carbons (Fsp3) is 0.581. The molecule has 0 fully saturated rings. The van der Waals surface area contributed by atoms with Gasteiger partial charge in [0.1, 0.15) is 18.4 Å². The third-order valence-electron chi connectivity index (χ3n) is 8.24. The number of hydrogen-bond acceptors (Lipinski definition) is 11. The molecule has 234 valence electrons. The van der Waals surface area contributed by atoms with Gasteiger partial charge in [-0.15, -0.1) is 0 Å². The predicted octanol–water partition coefficient (Wildman–Crippen LogP) is 4.04. The number of hydrogen-bond donors (Lipinski definition) is 4. The van der Waals surface area contributed by atoms with E-state index in [1.165, 1.54) is 0 Å². The van der Waals surface area contributed by atoms with Gasteiger partial charge in [-0.1, -0.05) is 27.3 Å². The maximum atomic E-state index is 12.6. The van der Waals surface area contributed by atoms with Crippen LogP contribution in [0.5, 0.6) is 28.7 Å². The maximum Gasteiger partial charge on any atom is 0.323 e. The van der Waals surface area contributed by atoms with E-state index in [-0.39, 0.29) is 50.2 Å². The number of phenols is 2. The summed E-state index contributed by atoms with van der Waals surface area (Å²) in [6.45, 7) is 8.41. The number of nitrogens with two attached hydrogens (primary N) is 1. The van der Waals surface area contributed by atoms with Gasteiger partial charge in [0.15, 0.2) is 23.0 Å². The zero-order valence-electron chi connectivity index (χ0n) is 25.0. The van der Waals surface area contributed by atoms with Crippen LogP contribution in [-0.2, 0) is 22.4 Å². The van der Waals surface area contributed by atoms with E-state index in [1.54, 1.807) is 7.11 Å². The van der Waals surface area contributed by atoms with Gasteiger partial charge in [-0.2, -0.15) is 12.6 Å². The van der Waals surface area contributed by atoms with E-state index in [0.29, 0.717) is 42.2 Å².